The maximum absolute atomic E-state index is 12.5. The number of para-hydroxylation sites is 2. The average Bonchev–Trinajstić information content (AvgIpc) is 2.69. The summed E-state index contributed by atoms with van der Waals surface area (Å²) in [4.78, 5) is 20.9. The number of aromatic nitrogens is 2. The summed E-state index contributed by atoms with van der Waals surface area (Å²) in [5.74, 6) is 1.10. The minimum absolute atomic E-state index is 0.0230. The number of pyridine rings is 2. The number of carbonyl (C=O) groups is 1. The number of hydrogen-bond acceptors (Lipinski definition) is 5. The number of nitrogens with zero attached hydrogens (tertiary/aromatic N) is 2. The van der Waals surface area contributed by atoms with Crippen LogP contribution in [0.15, 0.2) is 67.1 Å². The van der Waals surface area contributed by atoms with Gasteiger partial charge in [-0.25, -0.2) is 4.98 Å². The van der Waals surface area contributed by atoms with Crippen molar-refractivity contribution >= 4 is 17.4 Å². The minimum atomic E-state index is -0.235. The van der Waals surface area contributed by atoms with Crippen molar-refractivity contribution in [2.45, 2.75) is 26.5 Å². The van der Waals surface area contributed by atoms with Gasteiger partial charge in [0.1, 0.15) is 11.6 Å². The zero-order chi connectivity index (χ0) is 19.1. The molecule has 1 aromatic carbocycles. The standard InChI is InChI=1S/C21H22N4O2/c1-15(2)27-19-8-4-3-7-18(19)25-21(26)17-9-10-20(24-14-17)23-13-16-6-5-11-22-12-16/h3-12,14-15H,13H2,1-2H3,(H,23,24)(H,25,26). The largest absolute Gasteiger partial charge is 0.489 e. The molecular formula is C21H22N4O2. The normalized spacial score (nSPS) is 10.5. The van der Waals surface area contributed by atoms with Crippen LogP contribution < -0.4 is 15.4 Å². The van der Waals surface area contributed by atoms with E-state index in [0.717, 1.165) is 5.56 Å². The van der Waals surface area contributed by atoms with Crippen LogP contribution >= 0.6 is 0 Å². The van der Waals surface area contributed by atoms with E-state index in [1.54, 1.807) is 30.7 Å². The first-order chi connectivity index (χ1) is 13.1. The summed E-state index contributed by atoms with van der Waals surface area (Å²) in [6.07, 6.45) is 5.10. The van der Waals surface area contributed by atoms with Gasteiger partial charge in [0.25, 0.3) is 5.91 Å². The van der Waals surface area contributed by atoms with Crippen molar-refractivity contribution in [3.8, 4) is 5.75 Å². The quantitative estimate of drug-likeness (QED) is 0.661. The number of carbonyl (C=O) groups excluding carboxylic acids is 1. The Hall–Kier alpha value is -3.41. The molecule has 3 rings (SSSR count). The van der Waals surface area contributed by atoms with Gasteiger partial charge in [0, 0.05) is 25.1 Å². The predicted molar refractivity (Wildman–Crippen MR) is 106 cm³/mol. The van der Waals surface area contributed by atoms with Gasteiger partial charge >= 0.3 is 0 Å². The van der Waals surface area contributed by atoms with Gasteiger partial charge < -0.3 is 15.4 Å². The van der Waals surface area contributed by atoms with Crippen LogP contribution in [0.25, 0.3) is 0 Å². The minimum Gasteiger partial charge on any atom is -0.489 e. The van der Waals surface area contributed by atoms with E-state index in [9.17, 15) is 4.79 Å². The molecule has 0 aliphatic heterocycles. The van der Waals surface area contributed by atoms with Gasteiger partial charge in [0.2, 0.25) is 0 Å². The number of anilines is 2. The van der Waals surface area contributed by atoms with Gasteiger partial charge in [-0.05, 0) is 49.7 Å². The van der Waals surface area contributed by atoms with Crippen molar-refractivity contribution in [1.82, 2.24) is 9.97 Å². The fourth-order valence-electron chi connectivity index (χ4n) is 2.45. The molecule has 1 amide bonds. The molecule has 6 heteroatoms. The number of hydrogen-bond donors (Lipinski definition) is 2. The Labute approximate surface area is 158 Å². The molecule has 0 saturated carbocycles. The molecule has 27 heavy (non-hydrogen) atoms. The summed E-state index contributed by atoms with van der Waals surface area (Å²) in [5, 5.41) is 6.08. The van der Waals surface area contributed by atoms with Crippen molar-refractivity contribution in [2.24, 2.45) is 0 Å². The lowest BCUT2D eigenvalue weighted by molar-refractivity contribution is 0.102. The van der Waals surface area contributed by atoms with E-state index in [0.29, 0.717) is 29.4 Å². The summed E-state index contributed by atoms with van der Waals surface area (Å²) in [6.45, 7) is 4.51. The average molecular weight is 362 g/mol. The van der Waals surface area contributed by atoms with Crippen LogP contribution in [0.4, 0.5) is 11.5 Å². The summed E-state index contributed by atoms with van der Waals surface area (Å²) in [7, 11) is 0. The highest BCUT2D eigenvalue weighted by molar-refractivity contribution is 6.04. The van der Waals surface area contributed by atoms with Crippen LogP contribution in [-0.2, 0) is 6.54 Å². The predicted octanol–water partition coefficient (Wildman–Crippen LogP) is 4.13. The van der Waals surface area contributed by atoms with Crippen molar-refractivity contribution in [3.63, 3.8) is 0 Å². The Bertz CT molecular complexity index is 880. The molecule has 0 atom stereocenters. The second kappa shape index (κ2) is 8.80. The van der Waals surface area contributed by atoms with Gasteiger partial charge in [0.15, 0.2) is 0 Å². The van der Waals surface area contributed by atoms with E-state index >= 15 is 0 Å². The van der Waals surface area contributed by atoms with Crippen LogP contribution in [0.1, 0.15) is 29.8 Å². The molecule has 0 unspecified atom stereocenters. The lowest BCUT2D eigenvalue weighted by Crippen LogP contribution is -2.15. The molecule has 2 aromatic heterocycles. The Morgan fingerprint density at radius 2 is 1.93 bits per heavy atom. The van der Waals surface area contributed by atoms with Crippen LogP contribution in [0.3, 0.4) is 0 Å². The molecule has 2 heterocycles. The first-order valence-electron chi connectivity index (χ1n) is 8.77. The van der Waals surface area contributed by atoms with Crippen molar-refractivity contribution in [3.05, 3.63) is 78.2 Å². The molecule has 138 valence electrons. The monoisotopic (exact) mass is 362 g/mol. The van der Waals surface area contributed by atoms with Crippen LogP contribution in [0, 0.1) is 0 Å². The van der Waals surface area contributed by atoms with Gasteiger partial charge in [-0.2, -0.15) is 0 Å². The first-order valence-corrected chi connectivity index (χ1v) is 8.77. The molecule has 6 nitrogen and oxygen atoms in total. The molecule has 0 bridgehead atoms. The molecule has 0 spiro atoms. The number of amides is 1. The molecule has 0 aliphatic rings. The molecule has 0 aliphatic carbocycles. The Kier molecular flexibility index (Phi) is 5.99. The second-order valence-electron chi connectivity index (χ2n) is 6.26. The lowest BCUT2D eigenvalue weighted by Gasteiger charge is -2.14. The Morgan fingerprint density at radius 3 is 2.63 bits per heavy atom. The van der Waals surface area contributed by atoms with E-state index in [1.165, 1.54) is 0 Å². The van der Waals surface area contributed by atoms with Crippen molar-refractivity contribution in [1.29, 1.82) is 0 Å². The zero-order valence-electron chi connectivity index (χ0n) is 15.3. The maximum Gasteiger partial charge on any atom is 0.257 e. The Balaban J connectivity index is 1.62. The van der Waals surface area contributed by atoms with E-state index in [1.807, 2.05) is 50.2 Å². The molecule has 2 N–H and O–H groups in total. The van der Waals surface area contributed by atoms with Crippen molar-refractivity contribution < 1.29 is 9.53 Å². The van der Waals surface area contributed by atoms with E-state index in [2.05, 4.69) is 20.6 Å². The summed E-state index contributed by atoms with van der Waals surface area (Å²) < 4.78 is 5.73. The van der Waals surface area contributed by atoms with Gasteiger partial charge in [-0.15, -0.1) is 0 Å². The summed E-state index contributed by atoms with van der Waals surface area (Å²) in [5.41, 5.74) is 2.17. The number of nitrogens with one attached hydrogen (secondary N) is 2. The van der Waals surface area contributed by atoms with Crippen molar-refractivity contribution in [2.75, 3.05) is 10.6 Å². The third-order valence-corrected chi connectivity index (χ3v) is 3.72. The Morgan fingerprint density at radius 1 is 1.07 bits per heavy atom. The van der Waals surface area contributed by atoms with Gasteiger partial charge in [0.05, 0.1) is 17.4 Å². The van der Waals surface area contributed by atoms with Gasteiger partial charge in [-0.1, -0.05) is 18.2 Å². The SMILES string of the molecule is CC(C)Oc1ccccc1NC(=O)c1ccc(NCc2cccnc2)nc1. The highest BCUT2D eigenvalue weighted by Crippen LogP contribution is 2.25. The number of rotatable bonds is 7. The highest BCUT2D eigenvalue weighted by Gasteiger charge is 2.11. The van der Waals surface area contributed by atoms with Gasteiger partial charge in [-0.3, -0.25) is 9.78 Å². The number of ether oxygens (including phenoxy) is 1. The zero-order valence-corrected chi connectivity index (χ0v) is 15.3. The second-order valence-corrected chi connectivity index (χ2v) is 6.26. The topological polar surface area (TPSA) is 76.1 Å². The lowest BCUT2D eigenvalue weighted by atomic mass is 10.2. The first kappa shape index (κ1) is 18.4. The maximum atomic E-state index is 12.5. The fraction of sp³-hybridized carbons (Fsp3) is 0.190. The fourth-order valence-corrected chi connectivity index (χ4v) is 2.45. The van der Waals surface area contributed by atoms with Crippen LogP contribution in [0.5, 0.6) is 5.75 Å². The van der Waals surface area contributed by atoms with E-state index < -0.39 is 0 Å². The van der Waals surface area contributed by atoms with E-state index in [4.69, 9.17) is 4.74 Å². The smallest absolute Gasteiger partial charge is 0.257 e. The molecular weight excluding hydrogens is 340 g/mol. The van der Waals surface area contributed by atoms with Crippen LogP contribution in [0.2, 0.25) is 0 Å². The molecule has 0 radical (unpaired) electrons. The molecule has 0 fully saturated rings. The number of benzene rings is 1. The van der Waals surface area contributed by atoms with E-state index in [-0.39, 0.29) is 12.0 Å². The highest BCUT2D eigenvalue weighted by atomic mass is 16.5. The molecule has 0 saturated heterocycles. The summed E-state index contributed by atoms with van der Waals surface area (Å²) in [6, 6.07) is 14.8. The summed E-state index contributed by atoms with van der Waals surface area (Å²) >= 11 is 0. The third-order valence-electron chi connectivity index (χ3n) is 3.72. The third kappa shape index (κ3) is 5.28. The molecule has 3 aromatic rings. The van der Waals surface area contributed by atoms with Crippen LogP contribution in [-0.4, -0.2) is 22.0 Å².